The van der Waals surface area contributed by atoms with Crippen LogP contribution in [0.2, 0.25) is 0 Å². The van der Waals surface area contributed by atoms with E-state index in [-0.39, 0.29) is 12.0 Å². The van der Waals surface area contributed by atoms with Crippen molar-refractivity contribution in [1.82, 2.24) is 0 Å². The van der Waals surface area contributed by atoms with Gasteiger partial charge in [-0.3, -0.25) is 9.59 Å². The van der Waals surface area contributed by atoms with E-state index in [1.54, 1.807) is 0 Å². The fourth-order valence-electron chi connectivity index (χ4n) is 2.52. The first-order valence-electron chi connectivity index (χ1n) is 5.59. The number of hydrogen-bond donors (Lipinski definition) is 1. The molecule has 0 aromatic heterocycles. The largest absolute Gasteiger partial charge is 0.480 e. The quantitative estimate of drug-likeness (QED) is 0.417. The standard InChI is InChI=1S/C12H16O4/c1-7-3-5-8-9(6-4-7)16-11(15)12(8,2)10(13)14/h4,6-9H,3,5H2,1-2H3,(H,13,14)/t7-,8+,9-,12-/m0/s1. The highest BCUT2D eigenvalue weighted by Gasteiger charge is 2.58. The third-order valence-electron chi connectivity index (χ3n) is 3.81. The summed E-state index contributed by atoms with van der Waals surface area (Å²) in [5.74, 6) is -1.50. The Hall–Kier alpha value is -1.32. The number of hydrogen-bond acceptors (Lipinski definition) is 3. The summed E-state index contributed by atoms with van der Waals surface area (Å²) in [5.41, 5.74) is -1.38. The molecule has 1 fully saturated rings. The minimum absolute atomic E-state index is 0.237. The second-order valence-electron chi connectivity index (χ2n) is 4.92. The summed E-state index contributed by atoms with van der Waals surface area (Å²) in [5, 5.41) is 9.21. The lowest BCUT2D eigenvalue weighted by Gasteiger charge is -2.23. The molecular weight excluding hydrogens is 208 g/mol. The average molecular weight is 224 g/mol. The monoisotopic (exact) mass is 224 g/mol. The molecule has 1 saturated heterocycles. The maximum absolute atomic E-state index is 11.7. The van der Waals surface area contributed by atoms with E-state index < -0.39 is 17.4 Å². The molecule has 88 valence electrons. The van der Waals surface area contributed by atoms with Gasteiger partial charge in [0.15, 0.2) is 5.41 Å². The molecule has 2 aliphatic rings. The molecule has 2 rings (SSSR count). The molecule has 4 nitrogen and oxygen atoms in total. The third kappa shape index (κ3) is 1.44. The molecule has 0 unspecified atom stereocenters. The van der Waals surface area contributed by atoms with Crippen molar-refractivity contribution in [2.45, 2.75) is 32.8 Å². The van der Waals surface area contributed by atoms with Crippen molar-refractivity contribution in [2.24, 2.45) is 17.3 Å². The van der Waals surface area contributed by atoms with E-state index in [0.717, 1.165) is 6.42 Å². The Balaban J connectivity index is 2.34. The number of fused-ring (bicyclic) bond motifs is 1. The van der Waals surface area contributed by atoms with Crippen LogP contribution in [-0.2, 0) is 14.3 Å². The zero-order valence-corrected chi connectivity index (χ0v) is 9.47. The van der Waals surface area contributed by atoms with Crippen molar-refractivity contribution < 1.29 is 19.4 Å². The van der Waals surface area contributed by atoms with Crippen LogP contribution in [0.15, 0.2) is 12.2 Å². The highest BCUT2D eigenvalue weighted by Crippen LogP contribution is 2.45. The fraction of sp³-hybridized carbons (Fsp3) is 0.667. The van der Waals surface area contributed by atoms with Crippen molar-refractivity contribution in [1.29, 1.82) is 0 Å². The van der Waals surface area contributed by atoms with Crippen LogP contribution >= 0.6 is 0 Å². The predicted octanol–water partition coefficient (Wildman–Crippen LogP) is 1.60. The van der Waals surface area contributed by atoms with Gasteiger partial charge in [0.1, 0.15) is 6.10 Å². The molecule has 4 heteroatoms. The van der Waals surface area contributed by atoms with Crippen LogP contribution in [0, 0.1) is 17.3 Å². The minimum atomic E-state index is -1.38. The molecule has 1 aliphatic carbocycles. The number of carbonyl (C=O) groups is 2. The number of rotatable bonds is 1. The third-order valence-corrected chi connectivity index (χ3v) is 3.81. The Morgan fingerprint density at radius 2 is 2.19 bits per heavy atom. The highest BCUT2D eigenvalue weighted by atomic mass is 16.6. The maximum atomic E-state index is 11.7. The molecule has 0 saturated carbocycles. The molecule has 1 aliphatic heterocycles. The Morgan fingerprint density at radius 1 is 1.50 bits per heavy atom. The number of carboxylic acids is 1. The van der Waals surface area contributed by atoms with Gasteiger partial charge in [-0.15, -0.1) is 0 Å². The second-order valence-corrected chi connectivity index (χ2v) is 4.92. The lowest BCUT2D eigenvalue weighted by Crippen LogP contribution is -2.39. The Kier molecular flexibility index (Phi) is 2.52. The van der Waals surface area contributed by atoms with Gasteiger partial charge in [0.2, 0.25) is 0 Å². The van der Waals surface area contributed by atoms with Crippen molar-refractivity contribution in [3.63, 3.8) is 0 Å². The number of allylic oxidation sites excluding steroid dienone is 1. The molecule has 0 radical (unpaired) electrons. The van der Waals surface area contributed by atoms with Crippen LogP contribution in [0.25, 0.3) is 0 Å². The van der Waals surface area contributed by atoms with Crippen molar-refractivity contribution in [3.8, 4) is 0 Å². The van der Waals surface area contributed by atoms with Crippen LogP contribution in [-0.4, -0.2) is 23.1 Å². The van der Waals surface area contributed by atoms with E-state index in [2.05, 4.69) is 6.92 Å². The number of esters is 1. The van der Waals surface area contributed by atoms with Gasteiger partial charge in [-0.05, 0) is 31.8 Å². The van der Waals surface area contributed by atoms with E-state index in [4.69, 9.17) is 4.74 Å². The van der Waals surface area contributed by atoms with Gasteiger partial charge in [-0.2, -0.15) is 0 Å². The maximum Gasteiger partial charge on any atom is 0.324 e. The van der Waals surface area contributed by atoms with E-state index in [1.165, 1.54) is 6.92 Å². The van der Waals surface area contributed by atoms with Gasteiger partial charge in [0.25, 0.3) is 0 Å². The summed E-state index contributed by atoms with van der Waals surface area (Å²) in [6.45, 7) is 3.56. The Morgan fingerprint density at radius 3 is 2.81 bits per heavy atom. The van der Waals surface area contributed by atoms with E-state index >= 15 is 0 Å². The molecule has 16 heavy (non-hydrogen) atoms. The number of carbonyl (C=O) groups excluding carboxylic acids is 1. The molecule has 0 spiro atoms. The molecule has 4 atom stereocenters. The fourth-order valence-corrected chi connectivity index (χ4v) is 2.52. The van der Waals surface area contributed by atoms with Crippen LogP contribution in [0.1, 0.15) is 26.7 Å². The lowest BCUT2D eigenvalue weighted by molar-refractivity contribution is -0.160. The zero-order valence-electron chi connectivity index (χ0n) is 9.47. The predicted molar refractivity (Wildman–Crippen MR) is 56.7 cm³/mol. The summed E-state index contributed by atoms with van der Waals surface area (Å²) in [6, 6.07) is 0. The molecule has 1 N–H and O–H groups in total. The van der Waals surface area contributed by atoms with Crippen LogP contribution in [0.3, 0.4) is 0 Å². The molecular formula is C12H16O4. The minimum Gasteiger partial charge on any atom is -0.480 e. The van der Waals surface area contributed by atoms with Crippen molar-refractivity contribution in [3.05, 3.63) is 12.2 Å². The first-order valence-corrected chi connectivity index (χ1v) is 5.59. The summed E-state index contributed by atoms with van der Waals surface area (Å²) in [4.78, 5) is 22.9. The van der Waals surface area contributed by atoms with Gasteiger partial charge in [-0.1, -0.05) is 13.0 Å². The SMILES string of the molecule is C[C@@H]1C=C[C@@H]2OC(=O)[C@](C)(C(=O)O)[C@@H]2CC1. The van der Waals surface area contributed by atoms with Gasteiger partial charge >= 0.3 is 11.9 Å². The summed E-state index contributed by atoms with van der Waals surface area (Å²) >= 11 is 0. The number of aliphatic carboxylic acids is 1. The van der Waals surface area contributed by atoms with Crippen molar-refractivity contribution >= 4 is 11.9 Å². The average Bonchev–Trinajstić information content (AvgIpc) is 2.36. The normalized spacial score (nSPS) is 42.4. The topological polar surface area (TPSA) is 63.6 Å². The molecule has 1 heterocycles. The van der Waals surface area contributed by atoms with E-state index in [1.807, 2.05) is 12.2 Å². The first-order chi connectivity index (χ1) is 7.46. The smallest absolute Gasteiger partial charge is 0.324 e. The second kappa shape index (κ2) is 3.61. The van der Waals surface area contributed by atoms with E-state index in [9.17, 15) is 14.7 Å². The van der Waals surface area contributed by atoms with Gasteiger partial charge in [0.05, 0.1) is 0 Å². The molecule has 0 bridgehead atoms. The zero-order chi connectivity index (χ0) is 11.9. The first kappa shape index (κ1) is 11.2. The molecule has 0 amide bonds. The van der Waals surface area contributed by atoms with Crippen LogP contribution < -0.4 is 0 Å². The summed E-state index contributed by atoms with van der Waals surface area (Å²) < 4.78 is 5.16. The van der Waals surface area contributed by atoms with Gasteiger partial charge in [-0.25, -0.2) is 0 Å². The lowest BCUT2D eigenvalue weighted by atomic mass is 9.74. The highest BCUT2D eigenvalue weighted by molar-refractivity contribution is 6.00. The molecule has 0 aromatic rings. The summed E-state index contributed by atoms with van der Waals surface area (Å²) in [6.07, 6.45) is 5.10. The van der Waals surface area contributed by atoms with E-state index in [0.29, 0.717) is 12.3 Å². The number of ether oxygens (including phenoxy) is 1. The van der Waals surface area contributed by atoms with Crippen molar-refractivity contribution in [2.75, 3.05) is 0 Å². The van der Waals surface area contributed by atoms with Gasteiger partial charge < -0.3 is 9.84 Å². The Bertz CT molecular complexity index is 360. The molecule has 0 aromatic carbocycles. The summed E-state index contributed by atoms with van der Waals surface area (Å²) in [7, 11) is 0. The Labute approximate surface area is 94.3 Å². The van der Waals surface area contributed by atoms with Crippen LogP contribution in [0.5, 0.6) is 0 Å². The van der Waals surface area contributed by atoms with Crippen LogP contribution in [0.4, 0.5) is 0 Å². The number of carboxylic acid groups (broad SMARTS) is 1. The van der Waals surface area contributed by atoms with Gasteiger partial charge in [0, 0.05) is 5.92 Å².